The number of non-ortho nitro benzene ring substituents is 1. The maximum atomic E-state index is 11.2. The molecule has 0 fully saturated rings. The van der Waals surface area contributed by atoms with E-state index in [0.717, 1.165) is 0 Å². The van der Waals surface area contributed by atoms with Gasteiger partial charge in [0.25, 0.3) is 5.69 Å². The van der Waals surface area contributed by atoms with Gasteiger partial charge in [-0.05, 0) is 6.07 Å². The molecule has 0 amide bonds. The Morgan fingerprint density at radius 2 is 2.12 bits per heavy atom. The van der Waals surface area contributed by atoms with Crippen LogP contribution in [-0.2, 0) is 10.1 Å². The Morgan fingerprint density at radius 3 is 2.81 bits per heavy atom. The molecule has 0 radical (unpaired) electrons. The Hall–Kier alpha value is -1.89. The van der Waals surface area contributed by atoms with Crippen LogP contribution in [0, 0.1) is 10.1 Å². The third kappa shape index (κ3) is 2.03. The molecule has 1 aromatic carbocycles. The van der Waals surface area contributed by atoms with Crippen LogP contribution in [0.4, 0.5) is 5.69 Å². The van der Waals surface area contributed by atoms with Crippen molar-refractivity contribution in [3.63, 3.8) is 0 Å². The van der Waals surface area contributed by atoms with E-state index in [-0.39, 0.29) is 17.2 Å². The second kappa shape index (κ2) is 3.60. The van der Waals surface area contributed by atoms with Crippen molar-refractivity contribution < 1.29 is 17.5 Å². The number of rotatable bonds is 1. The Bertz CT molecular complexity index is 576. The zero-order valence-corrected chi connectivity index (χ0v) is 8.81. The summed E-state index contributed by atoms with van der Waals surface area (Å²) in [5, 5.41) is 10.5. The van der Waals surface area contributed by atoms with Crippen LogP contribution in [0.5, 0.6) is 5.75 Å². The van der Waals surface area contributed by atoms with Gasteiger partial charge in [0.2, 0.25) is 0 Å². The van der Waals surface area contributed by atoms with Gasteiger partial charge in [0, 0.05) is 17.7 Å². The van der Waals surface area contributed by atoms with E-state index in [1.807, 2.05) is 0 Å². The van der Waals surface area contributed by atoms with Crippen LogP contribution in [0.1, 0.15) is 5.56 Å². The van der Waals surface area contributed by atoms with E-state index in [2.05, 4.69) is 0 Å². The van der Waals surface area contributed by atoms with Crippen molar-refractivity contribution in [2.45, 2.75) is 0 Å². The largest absolute Gasteiger partial charge is 0.382 e. The van der Waals surface area contributed by atoms with Crippen molar-refractivity contribution in [2.75, 3.05) is 5.75 Å². The highest BCUT2D eigenvalue weighted by Crippen LogP contribution is 2.28. The molecular weight excluding hydrogens is 234 g/mol. The Morgan fingerprint density at radius 1 is 1.38 bits per heavy atom. The number of benzene rings is 1. The van der Waals surface area contributed by atoms with Crippen LogP contribution in [-0.4, -0.2) is 19.1 Å². The average Bonchev–Trinajstić information content (AvgIpc) is 2.33. The summed E-state index contributed by atoms with van der Waals surface area (Å²) in [5.41, 5.74) is 0.279. The third-order valence-corrected chi connectivity index (χ3v) is 3.05. The molecule has 0 aliphatic carbocycles. The molecule has 1 aliphatic rings. The van der Waals surface area contributed by atoms with Gasteiger partial charge in [0.15, 0.2) is 0 Å². The predicted molar refractivity (Wildman–Crippen MR) is 56.5 cm³/mol. The van der Waals surface area contributed by atoms with Crippen LogP contribution < -0.4 is 4.18 Å². The highest BCUT2D eigenvalue weighted by molar-refractivity contribution is 7.87. The van der Waals surface area contributed by atoms with Crippen molar-refractivity contribution in [3.05, 3.63) is 40.0 Å². The van der Waals surface area contributed by atoms with Gasteiger partial charge < -0.3 is 4.18 Å². The molecule has 16 heavy (non-hydrogen) atoms. The van der Waals surface area contributed by atoms with Gasteiger partial charge in [0.1, 0.15) is 11.5 Å². The van der Waals surface area contributed by atoms with Crippen molar-refractivity contribution in [3.8, 4) is 5.75 Å². The molecule has 1 aromatic rings. The predicted octanol–water partition coefficient (Wildman–Crippen LogP) is 1.33. The van der Waals surface area contributed by atoms with E-state index >= 15 is 0 Å². The van der Waals surface area contributed by atoms with Crippen molar-refractivity contribution in [2.24, 2.45) is 0 Å². The van der Waals surface area contributed by atoms with Gasteiger partial charge in [-0.3, -0.25) is 10.1 Å². The second-order valence-electron chi connectivity index (χ2n) is 3.19. The molecule has 1 heterocycles. The van der Waals surface area contributed by atoms with Crippen molar-refractivity contribution >= 4 is 21.9 Å². The van der Waals surface area contributed by atoms with Crippen LogP contribution in [0.25, 0.3) is 6.08 Å². The fraction of sp³-hybridized carbons (Fsp3) is 0.111. The van der Waals surface area contributed by atoms with Gasteiger partial charge in [-0.15, -0.1) is 0 Å². The molecule has 7 heteroatoms. The molecule has 1 aliphatic heterocycles. The second-order valence-corrected chi connectivity index (χ2v) is 4.80. The lowest BCUT2D eigenvalue weighted by atomic mass is 10.1. The molecule has 0 atom stereocenters. The quantitative estimate of drug-likeness (QED) is 0.420. The molecule has 6 nitrogen and oxygen atoms in total. The highest BCUT2D eigenvalue weighted by Gasteiger charge is 2.18. The lowest BCUT2D eigenvalue weighted by Gasteiger charge is -2.04. The Kier molecular flexibility index (Phi) is 2.39. The molecule has 0 saturated carbocycles. The zero-order chi connectivity index (χ0) is 11.8. The maximum absolute atomic E-state index is 11.2. The number of hydrogen-bond donors (Lipinski definition) is 0. The summed E-state index contributed by atoms with van der Waals surface area (Å²) in [5.74, 6) is -0.130. The topological polar surface area (TPSA) is 86.5 Å². The Balaban J connectivity index is 2.53. The molecule has 84 valence electrons. The molecule has 0 spiro atoms. The summed E-state index contributed by atoms with van der Waals surface area (Å²) >= 11 is 0. The molecule has 0 N–H and O–H groups in total. The van der Waals surface area contributed by atoms with Gasteiger partial charge in [-0.25, -0.2) is 0 Å². The lowest BCUT2D eigenvalue weighted by Crippen LogP contribution is -2.11. The first-order valence-corrected chi connectivity index (χ1v) is 5.93. The smallest absolute Gasteiger partial charge is 0.312 e. The summed E-state index contributed by atoms with van der Waals surface area (Å²) in [7, 11) is -3.62. The van der Waals surface area contributed by atoms with Crippen LogP contribution in [0.15, 0.2) is 24.3 Å². The number of nitro benzene ring substituents is 1. The number of fused-ring (bicyclic) bond motifs is 1. The molecule has 0 saturated heterocycles. The molecule has 0 aromatic heterocycles. The minimum absolute atomic E-state index is 0.105. The third-order valence-electron chi connectivity index (χ3n) is 2.02. The van der Waals surface area contributed by atoms with Crippen LogP contribution >= 0.6 is 0 Å². The van der Waals surface area contributed by atoms with Gasteiger partial charge in [-0.1, -0.05) is 12.2 Å². The lowest BCUT2D eigenvalue weighted by molar-refractivity contribution is -0.384. The van der Waals surface area contributed by atoms with E-state index < -0.39 is 15.0 Å². The summed E-state index contributed by atoms with van der Waals surface area (Å²) in [6.07, 6.45) is 2.89. The standard InChI is InChI=1S/C9H7NO5S/c11-10(12)8-3-4-9-7(6-8)2-1-5-16(13,14)15-9/h1-4,6H,5H2. The minimum atomic E-state index is -3.62. The summed E-state index contributed by atoms with van der Waals surface area (Å²) in [6, 6.07) is 3.75. The molecule has 0 bridgehead atoms. The maximum Gasteiger partial charge on any atom is 0.312 e. The molecule has 2 rings (SSSR count). The van der Waals surface area contributed by atoms with Crippen molar-refractivity contribution in [1.82, 2.24) is 0 Å². The number of nitrogens with zero attached hydrogens (tertiary/aromatic N) is 1. The van der Waals surface area contributed by atoms with Gasteiger partial charge in [-0.2, -0.15) is 8.42 Å². The molecule has 0 unspecified atom stereocenters. The summed E-state index contributed by atoms with van der Waals surface area (Å²) < 4.78 is 27.3. The van der Waals surface area contributed by atoms with E-state index in [9.17, 15) is 18.5 Å². The number of hydrogen-bond acceptors (Lipinski definition) is 5. The Labute approximate surface area is 91.4 Å². The van der Waals surface area contributed by atoms with E-state index in [4.69, 9.17) is 4.18 Å². The first-order chi connectivity index (χ1) is 7.48. The van der Waals surface area contributed by atoms with Crippen LogP contribution in [0.2, 0.25) is 0 Å². The average molecular weight is 241 g/mol. The first kappa shape index (κ1) is 10.6. The summed E-state index contributed by atoms with van der Waals surface area (Å²) in [6.45, 7) is 0. The fourth-order valence-electron chi connectivity index (χ4n) is 1.32. The van der Waals surface area contributed by atoms with Gasteiger partial charge in [0.05, 0.1) is 4.92 Å². The summed E-state index contributed by atoms with van der Waals surface area (Å²) in [4.78, 5) is 9.97. The molecular formula is C9H7NO5S. The SMILES string of the molecule is O=[N+]([O-])c1ccc2c(c1)C=CCS(=O)(=O)O2. The van der Waals surface area contributed by atoms with Gasteiger partial charge >= 0.3 is 10.1 Å². The first-order valence-electron chi connectivity index (χ1n) is 4.35. The van der Waals surface area contributed by atoms with E-state index in [1.165, 1.54) is 30.4 Å². The minimum Gasteiger partial charge on any atom is -0.382 e. The zero-order valence-electron chi connectivity index (χ0n) is 7.99. The fourth-order valence-corrected chi connectivity index (χ4v) is 2.14. The van der Waals surface area contributed by atoms with Crippen LogP contribution in [0.3, 0.4) is 0 Å². The monoisotopic (exact) mass is 241 g/mol. The normalized spacial score (nSPS) is 17.0. The highest BCUT2D eigenvalue weighted by atomic mass is 32.2. The van der Waals surface area contributed by atoms with Crippen molar-refractivity contribution in [1.29, 1.82) is 0 Å². The number of nitro groups is 1. The van der Waals surface area contributed by atoms with E-state index in [0.29, 0.717) is 5.56 Å². The van der Waals surface area contributed by atoms with E-state index in [1.54, 1.807) is 0 Å².